The quantitative estimate of drug-likeness (QED) is 0.631. The fourth-order valence-electron chi connectivity index (χ4n) is 2.42. The Kier molecular flexibility index (Phi) is 5.15. The van der Waals surface area contributed by atoms with Crippen LogP contribution in [0.3, 0.4) is 0 Å². The number of ether oxygens (including phenoxy) is 1. The molecule has 0 radical (unpaired) electrons. The number of carbonyl (C=O) groups is 2. The van der Waals surface area contributed by atoms with Crippen LogP contribution in [0.25, 0.3) is 0 Å². The van der Waals surface area contributed by atoms with Crippen LogP contribution >= 0.6 is 0 Å². The van der Waals surface area contributed by atoms with Crippen molar-refractivity contribution in [3.63, 3.8) is 0 Å². The Morgan fingerprint density at radius 2 is 2.00 bits per heavy atom. The first kappa shape index (κ1) is 16.0. The number of cyclic esters (lactones) is 1. The molecule has 2 rings (SSSR count). The lowest BCUT2D eigenvalue weighted by molar-refractivity contribution is -0.125. The van der Waals surface area contributed by atoms with Gasteiger partial charge in [0, 0.05) is 5.57 Å². The predicted octanol–water partition coefficient (Wildman–Crippen LogP) is 3.49. The third kappa shape index (κ3) is 3.64. The highest BCUT2D eigenvalue weighted by atomic mass is 16.6. The molecule has 1 aromatic carbocycles. The van der Waals surface area contributed by atoms with Crippen molar-refractivity contribution in [3.8, 4) is 0 Å². The first-order chi connectivity index (χ1) is 10.5. The van der Waals surface area contributed by atoms with Gasteiger partial charge >= 0.3 is 6.09 Å². The number of hydrogen-bond acceptors (Lipinski definition) is 3. The van der Waals surface area contributed by atoms with Crippen molar-refractivity contribution in [1.82, 2.24) is 4.90 Å². The van der Waals surface area contributed by atoms with Gasteiger partial charge < -0.3 is 4.74 Å². The minimum Gasteiger partial charge on any atom is -0.447 e. The number of amides is 2. The number of benzene rings is 1. The summed E-state index contributed by atoms with van der Waals surface area (Å²) in [7, 11) is 0. The second-order valence-corrected chi connectivity index (χ2v) is 5.46. The van der Waals surface area contributed by atoms with Gasteiger partial charge in [0.1, 0.15) is 6.61 Å². The van der Waals surface area contributed by atoms with E-state index in [-0.39, 0.29) is 18.6 Å². The molecule has 0 aliphatic carbocycles. The molecule has 0 spiro atoms. The minimum absolute atomic E-state index is 0.245. The van der Waals surface area contributed by atoms with Gasteiger partial charge in [0.15, 0.2) is 0 Å². The Labute approximate surface area is 131 Å². The van der Waals surface area contributed by atoms with Gasteiger partial charge in [-0.25, -0.2) is 9.69 Å². The van der Waals surface area contributed by atoms with E-state index in [1.54, 1.807) is 13.0 Å². The van der Waals surface area contributed by atoms with E-state index in [0.717, 1.165) is 11.1 Å². The lowest BCUT2D eigenvalue weighted by atomic mass is 10.0. The number of nitrogens with zero attached hydrogens (tertiary/aromatic N) is 1. The zero-order valence-corrected chi connectivity index (χ0v) is 13.2. The van der Waals surface area contributed by atoms with E-state index >= 15 is 0 Å². The maximum Gasteiger partial charge on any atom is 0.417 e. The van der Waals surface area contributed by atoms with Crippen LogP contribution in [0.2, 0.25) is 0 Å². The Bertz CT molecular complexity index is 616. The first-order valence-electron chi connectivity index (χ1n) is 7.38. The molecule has 1 saturated heterocycles. The summed E-state index contributed by atoms with van der Waals surface area (Å²) >= 11 is 0. The second kappa shape index (κ2) is 7.07. The third-order valence-electron chi connectivity index (χ3n) is 3.73. The predicted molar refractivity (Wildman–Crippen MR) is 85.3 cm³/mol. The van der Waals surface area contributed by atoms with Crippen molar-refractivity contribution in [2.24, 2.45) is 0 Å². The van der Waals surface area contributed by atoms with Crippen molar-refractivity contribution < 1.29 is 14.3 Å². The number of rotatable bonds is 4. The molecule has 1 aliphatic heterocycles. The molecule has 0 unspecified atom stereocenters. The summed E-state index contributed by atoms with van der Waals surface area (Å²) in [4.78, 5) is 25.7. The van der Waals surface area contributed by atoms with E-state index < -0.39 is 6.09 Å². The van der Waals surface area contributed by atoms with E-state index in [1.807, 2.05) is 50.3 Å². The number of allylic oxidation sites excluding steroid dienone is 3. The molecule has 0 N–H and O–H groups in total. The fourth-order valence-corrected chi connectivity index (χ4v) is 2.42. The molecule has 4 heteroatoms. The largest absolute Gasteiger partial charge is 0.447 e. The Morgan fingerprint density at radius 1 is 1.32 bits per heavy atom. The van der Waals surface area contributed by atoms with Gasteiger partial charge in [0.2, 0.25) is 0 Å². The molecule has 0 aromatic heterocycles. The van der Waals surface area contributed by atoms with Crippen LogP contribution in [0.5, 0.6) is 0 Å². The van der Waals surface area contributed by atoms with Gasteiger partial charge in [-0.1, -0.05) is 48.1 Å². The number of carbonyl (C=O) groups excluding carboxylic acids is 2. The van der Waals surface area contributed by atoms with Crippen molar-refractivity contribution in [3.05, 3.63) is 59.2 Å². The molecule has 2 amide bonds. The molecule has 116 valence electrons. The van der Waals surface area contributed by atoms with Crippen LogP contribution in [0.4, 0.5) is 4.79 Å². The summed E-state index contributed by atoms with van der Waals surface area (Å²) in [5.74, 6) is -0.287. The Balaban J connectivity index is 2.17. The average molecular weight is 299 g/mol. The van der Waals surface area contributed by atoms with E-state index in [4.69, 9.17) is 4.74 Å². The van der Waals surface area contributed by atoms with Gasteiger partial charge in [-0.3, -0.25) is 4.79 Å². The van der Waals surface area contributed by atoms with Crippen molar-refractivity contribution >= 4 is 12.0 Å². The van der Waals surface area contributed by atoms with Gasteiger partial charge in [0.05, 0.1) is 6.04 Å². The summed E-state index contributed by atoms with van der Waals surface area (Å²) in [5.41, 5.74) is 2.60. The zero-order chi connectivity index (χ0) is 16.1. The third-order valence-corrected chi connectivity index (χ3v) is 3.73. The van der Waals surface area contributed by atoms with E-state index in [1.165, 1.54) is 4.90 Å². The van der Waals surface area contributed by atoms with Crippen molar-refractivity contribution in [2.45, 2.75) is 33.2 Å². The normalized spacial score (nSPS) is 19.3. The topological polar surface area (TPSA) is 46.6 Å². The molecule has 4 nitrogen and oxygen atoms in total. The van der Waals surface area contributed by atoms with Crippen LogP contribution in [-0.2, 0) is 16.0 Å². The molecule has 0 bridgehead atoms. The van der Waals surface area contributed by atoms with Gasteiger partial charge in [0.25, 0.3) is 5.91 Å². The zero-order valence-electron chi connectivity index (χ0n) is 13.2. The van der Waals surface area contributed by atoms with Gasteiger partial charge in [-0.15, -0.1) is 0 Å². The summed E-state index contributed by atoms with van der Waals surface area (Å²) in [6, 6.07) is 9.54. The van der Waals surface area contributed by atoms with Crippen LogP contribution in [0.1, 0.15) is 26.3 Å². The lowest BCUT2D eigenvalue weighted by Gasteiger charge is -2.20. The molecule has 1 fully saturated rings. The molecule has 22 heavy (non-hydrogen) atoms. The second-order valence-electron chi connectivity index (χ2n) is 5.46. The van der Waals surface area contributed by atoms with Crippen LogP contribution in [0, 0.1) is 0 Å². The summed E-state index contributed by atoms with van der Waals surface area (Å²) < 4.78 is 5.08. The Morgan fingerprint density at radius 3 is 2.64 bits per heavy atom. The molecule has 1 atom stereocenters. The SMILES string of the molecule is C/C=C(C)/C=C(\C)C(=O)N1C(=O)OC[C@H]1Cc1ccccc1. The molecule has 1 aromatic rings. The molecule has 0 saturated carbocycles. The van der Waals surface area contributed by atoms with E-state index in [9.17, 15) is 9.59 Å². The lowest BCUT2D eigenvalue weighted by Crippen LogP contribution is -2.40. The van der Waals surface area contributed by atoms with Crippen LogP contribution in [-0.4, -0.2) is 29.5 Å². The number of hydrogen-bond donors (Lipinski definition) is 0. The van der Waals surface area contributed by atoms with Gasteiger partial charge in [-0.2, -0.15) is 0 Å². The van der Waals surface area contributed by atoms with Crippen molar-refractivity contribution in [2.75, 3.05) is 6.61 Å². The van der Waals surface area contributed by atoms with E-state index in [2.05, 4.69) is 0 Å². The monoisotopic (exact) mass is 299 g/mol. The molecule has 1 heterocycles. The highest BCUT2D eigenvalue weighted by Crippen LogP contribution is 2.20. The Hall–Kier alpha value is -2.36. The summed E-state index contributed by atoms with van der Waals surface area (Å²) in [5, 5.41) is 0. The highest BCUT2D eigenvalue weighted by molar-refractivity contribution is 6.03. The van der Waals surface area contributed by atoms with Gasteiger partial charge in [-0.05, 0) is 32.8 Å². The molecular formula is C18H21NO3. The molecular weight excluding hydrogens is 278 g/mol. The average Bonchev–Trinajstić information content (AvgIpc) is 2.88. The maximum absolute atomic E-state index is 12.5. The fraction of sp³-hybridized carbons (Fsp3) is 0.333. The number of imide groups is 1. The van der Waals surface area contributed by atoms with Crippen molar-refractivity contribution in [1.29, 1.82) is 0 Å². The standard InChI is InChI=1S/C18H21NO3/c1-4-13(2)10-14(3)17(20)19-16(12-22-18(19)21)11-15-8-6-5-7-9-15/h4-10,16H,11-12H2,1-3H3/b13-4+,14-10+/t16-/m1/s1. The highest BCUT2D eigenvalue weighted by Gasteiger charge is 2.38. The first-order valence-corrected chi connectivity index (χ1v) is 7.38. The van der Waals surface area contributed by atoms with Crippen LogP contribution in [0.15, 0.2) is 53.6 Å². The summed E-state index contributed by atoms with van der Waals surface area (Å²) in [6.07, 6.45) is 3.75. The smallest absolute Gasteiger partial charge is 0.417 e. The van der Waals surface area contributed by atoms with Crippen LogP contribution < -0.4 is 0 Å². The molecule has 1 aliphatic rings. The minimum atomic E-state index is -0.559. The maximum atomic E-state index is 12.5. The summed E-state index contributed by atoms with van der Waals surface area (Å²) in [6.45, 7) is 5.79. The van der Waals surface area contributed by atoms with E-state index in [0.29, 0.717) is 12.0 Å².